The molecular formula is C16H15ClN6O3. The van der Waals surface area contributed by atoms with Crippen LogP contribution in [-0.4, -0.2) is 54.5 Å². The van der Waals surface area contributed by atoms with Gasteiger partial charge in [0.2, 0.25) is 5.91 Å². The number of carbonyl (C=O) groups excluding carboxylic acids is 1. The molecule has 1 aliphatic heterocycles. The maximum Gasteiger partial charge on any atom is 0.302 e. The van der Waals surface area contributed by atoms with Gasteiger partial charge < -0.3 is 9.64 Å². The minimum absolute atomic E-state index is 0.0178. The van der Waals surface area contributed by atoms with Gasteiger partial charge in [0.25, 0.3) is 5.56 Å². The molecule has 0 saturated carbocycles. The lowest BCUT2D eigenvalue weighted by atomic mass is 10.3. The van der Waals surface area contributed by atoms with E-state index in [1.54, 1.807) is 28.0 Å². The number of halogens is 1. The number of pyridine rings is 1. The topological polar surface area (TPSA) is 106 Å². The van der Waals surface area contributed by atoms with Crippen molar-refractivity contribution in [3.8, 4) is 11.8 Å². The summed E-state index contributed by atoms with van der Waals surface area (Å²) in [6, 6.07) is 1.73. The van der Waals surface area contributed by atoms with Gasteiger partial charge in [0.1, 0.15) is 5.88 Å². The molecule has 4 rings (SSSR count). The van der Waals surface area contributed by atoms with Crippen LogP contribution in [0.3, 0.4) is 0 Å². The highest BCUT2D eigenvalue weighted by molar-refractivity contribution is 6.27. The normalized spacial score (nSPS) is 17.0. The van der Waals surface area contributed by atoms with Crippen LogP contribution in [0.4, 0.5) is 0 Å². The summed E-state index contributed by atoms with van der Waals surface area (Å²) in [5.74, 6) is 0.346. The Hall–Kier alpha value is -2.94. The maximum absolute atomic E-state index is 12.1. The lowest BCUT2D eigenvalue weighted by Crippen LogP contribution is -2.30. The average Bonchev–Trinajstić information content (AvgIpc) is 3.30. The molecule has 3 aromatic rings. The van der Waals surface area contributed by atoms with E-state index in [0.717, 1.165) is 6.42 Å². The number of amides is 1. The van der Waals surface area contributed by atoms with Gasteiger partial charge >= 0.3 is 6.01 Å². The average molecular weight is 375 g/mol. The van der Waals surface area contributed by atoms with E-state index < -0.39 is 0 Å². The van der Waals surface area contributed by atoms with Gasteiger partial charge in [-0.2, -0.15) is 10.1 Å². The van der Waals surface area contributed by atoms with Crippen molar-refractivity contribution in [3.63, 3.8) is 0 Å². The van der Waals surface area contributed by atoms with Gasteiger partial charge in [-0.3, -0.25) is 24.2 Å². The SMILES string of the molecule is O=C(CCl)N1CC[C@H](n2cc(Oc3nc4cnccc4c(=O)[nH]3)cn2)C1. The van der Waals surface area contributed by atoms with Crippen LogP contribution in [0.2, 0.25) is 0 Å². The second kappa shape index (κ2) is 6.75. The van der Waals surface area contributed by atoms with Crippen molar-refractivity contribution in [2.75, 3.05) is 19.0 Å². The monoisotopic (exact) mass is 374 g/mol. The van der Waals surface area contributed by atoms with Crippen LogP contribution >= 0.6 is 11.6 Å². The highest BCUT2D eigenvalue weighted by Gasteiger charge is 2.27. The van der Waals surface area contributed by atoms with Crippen molar-refractivity contribution in [1.82, 2.24) is 29.6 Å². The Bertz CT molecular complexity index is 1020. The zero-order valence-corrected chi connectivity index (χ0v) is 14.4. The number of fused-ring (bicyclic) bond motifs is 1. The molecule has 1 fully saturated rings. The number of ether oxygens (including phenoxy) is 1. The first-order valence-corrected chi connectivity index (χ1v) is 8.57. The van der Waals surface area contributed by atoms with Crippen LogP contribution in [0, 0.1) is 0 Å². The number of H-pyrrole nitrogens is 1. The Morgan fingerprint density at radius 1 is 1.42 bits per heavy atom. The number of alkyl halides is 1. The van der Waals surface area contributed by atoms with Crippen molar-refractivity contribution in [2.45, 2.75) is 12.5 Å². The predicted octanol–water partition coefficient (Wildman–Crippen LogP) is 1.32. The molecule has 0 aliphatic carbocycles. The van der Waals surface area contributed by atoms with Crippen LogP contribution in [-0.2, 0) is 4.79 Å². The molecular weight excluding hydrogens is 360 g/mol. The molecule has 0 unspecified atom stereocenters. The van der Waals surface area contributed by atoms with Crippen LogP contribution < -0.4 is 10.3 Å². The summed E-state index contributed by atoms with van der Waals surface area (Å²) in [6.07, 6.45) is 7.08. The first kappa shape index (κ1) is 16.5. The summed E-state index contributed by atoms with van der Waals surface area (Å²) in [6.45, 7) is 1.21. The third kappa shape index (κ3) is 3.13. The molecule has 9 nitrogen and oxygen atoms in total. The fraction of sp³-hybridized carbons (Fsp3) is 0.312. The summed E-state index contributed by atoms with van der Waals surface area (Å²) in [5.41, 5.74) is 0.149. The van der Waals surface area contributed by atoms with Gasteiger partial charge in [-0.25, -0.2) is 0 Å². The lowest BCUT2D eigenvalue weighted by molar-refractivity contribution is -0.127. The van der Waals surface area contributed by atoms with Crippen LogP contribution in [0.15, 0.2) is 35.6 Å². The molecule has 1 aliphatic rings. The fourth-order valence-corrected chi connectivity index (χ4v) is 3.14. The summed E-state index contributed by atoms with van der Waals surface area (Å²) < 4.78 is 7.37. The Kier molecular flexibility index (Phi) is 4.29. The van der Waals surface area contributed by atoms with Crippen molar-refractivity contribution in [2.24, 2.45) is 0 Å². The molecule has 1 atom stereocenters. The van der Waals surface area contributed by atoms with Gasteiger partial charge in [-0.05, 0) is 12.5 Å². The zero-order valence-electron chi connectivity index (χ0n) is 13.6. The van der Waals surface area contributed by atoms with E-state index in [-0.39, 0.29) is 29.4 Å². The number of aromatic nitrogens is 5. The summed E-state index contributed by atoms with van der Waals surface area (Å²) in [7, 11) is 0. The number of hydrogen-bond acceptors (Lipinski definition) is 6. The van der Waals surface area contributed by atoms with Gasteiger partial charge in [-0.15, -0.1) is 11.6 Å². The molecule has 134 valence electrons. The second-order valence-electron chi connectivity index (χ2n) is 5.94. The van der Waals surface area contributed by atoms with E-state index in [4.69, 9.17) is 16.3 Å². The fourth-order valence-electron chi connectivity index (χ4n) is 2.97. The van der Waals surface area contributed by atoms with Crippen LogP contribution in [0.1, 0.15) is 12.5 Å². The smallest absolute Gasteiger partial charge is 0.302 e. The first-order valence-electron chi connectivity index (χ1n) is 8.04. The highest BCUT2D eigenvalue weighted by Crippen LogP contribution is 2.24. The van der Waals surface area contributed by atoms with Crippen molar-refractivity contribution >= 4 is 28.4 Å². The number of nitrogens with zero attached hydrogens (tertiary/aromatic N) is 5. The van der Waals surface area contributed by atoms with Crippen molar-refractivity contribution in [3.05, 3.63) is 41.2 Å². The number of hydrogen-bond donors (Lipinski definition) is 1. The molecule has 1 N–H and O–H groups in total. The van der Waals surface area contributed by atoms with Crippen molar-refractivity contribution in [1.29, 1.82) is 0 Å². The van der Waals surface area contributed by atoms with Crippen LogP contribution in [0.5, 0.6) is 11.8 Å². The Balaban J connectivity index is 1.51. The van der Waals surface area contributed by atoms with Gasteiger partial charge in [0, 0.05) is 19.3 Å². The third-order valence-corrected chi connectivity index (χ3v) is 4.51. The molecule has 1 amide bonds. The zero-order chi connectivity index (χ0) is 18.1. The Morgan fingerprint density at radius 2 is 2.31 bits per heavy atom. The van der Waals surface area contributed by atoms with E-state index in [1.807, 2.05) is 0 Å². The molecule has 26 heavy (non-hydrogen) atoms. The first-order chi connectivity index (χ1) is 12.6. The van der Waals surface area contributed by atoms with E-state index >= 15 is 0 Å². The Labute approximate surface area is 152 Å². The number of likely N-dealkylation sites (tertiary alicyclic amines) is 1. The molecule has 0 spiro atoms. The molecule has 0 bridgehead atoms. The molecule has 1 saturated heterocycles. The van der Waals surface area contributed by atoms with Crippen LogP contribution in [0.25, 0.3) is 10.9 Å². The number of carbonyl (C=O) groups is 1. The largest absolute Gasteiger partial charge is 0.422 e. The van der Waals surface area contributed by atoms with E-state index in [2.05, 4.69) is 20.1 Å². The molecule has 3 aromatic heterocycles. The summed E-state index contributed by atoms with van der Waals surface area (Å²) in [4.78, 5) is 36.2. The quantitative estimate of drug-likeness (QED) is 0.690. The number of aromatic amines is 1. The number of rotatable bonds is 4. The minimum Gasteiger partial charge on any atom is -0.422 e. The summed E-state index contributed by atoms with van der Waals surface area (Å²) in [5, 5.41) is 4.73. The maximum atomic E-state index is 12.1. The van der Waals surface area contributed by atoms with Gasteiger partial charge in [0.15, 0.2) is 5.75 Å². The van der Waals surface area contributed by atoms with Gasteiger partial charge in [-0.1, -0.05) is 0 Å². The Morgan fingerprint density at radius 3 is 3.15 bits per heavy atom. The summed E-state index contributed by atoms with van der Waals surface area (Å²) >= 11 is 5.60. The standard InChI is InChI=1S/C16H15ClN6O3/c17-5-14(24)22-4-2-10(8-22)23-9-11(6-19-23)26-16-20-13-7-18-3-1-12(13)15(25)21-16/h1,3,6-7,9-10H,2,4-5,8H2,(H,20,21,25)/t10-/m0/s1. The van der Waals surface area contributed by atoms with Gasteiger partial charge in [0.05, 0.1) is 35.5 Å². The molecule has 4 heterocycles. The van der Waals surface area contributed by atoms with E-state index in [1.165, 1.54) is 12.4 Å². The molecule has 0 aromatic carbocycles. The number of nitrogens with one attached hydrogen (secondary N) is 1. The van der Waals surface area contributed by atoms with E-state index in [9.17, 15) is 9.59 Å². The minimum atomic E-state index is -0.300. The van der Waals surface area contributed by atoms with Crippen molar-refractivity contribution < 1.29 is 9.53 Å². The van der Waals surface area contributed by atoms with E-state index in [0.29, 0.717) is 29.7 Å². The molecule has 0 radical (unpaired) electrons. The lowest BCUT2D eigenvalue weighted by Gasteiger charge is -2.14. The second-order valence-corrected chi connectivity index (χ2v) is 6.21. The third-order valence-electron chi connectivity index (χ3n) is 4.28. The predicted molar refractivity (Wildman–Crippen MR) is 93.4 cm³/mol. The molecule has 10 heteroatoms. The highest BCUT2D eigenvalue weighted by atomic mass is 35.5.